The number of rotatable bonds is 5. The van der Waals surface area contributed by atoms with E-state index < -0.39 is 12.0 Å². The number of aromatic nitrogens is 1. The van der Waals surface area contributed by atoms with Crippen LogP contribution in [0.4, 0.5) is 0 Å². The van der Waals surface area contributed by atoms with Crippen molar-refractivity contribution >= 4 is 46.2 Å². The van der Waals surface area contributed by atoms with Gasteiger partial charge in [-0.15, -0.1) is 0 Å². The number of carbonyl (C=O) groups is 1. The molecule has 132 valence electrons. The minimum Gasteiger partial charge on any atom is -0.481 e. The Balaban J connectivity index is 1.64. The Labute approximate surface area is 160 Å². The number of fused-ring (bicyclic) bond motifs is 1. The molecule has 5 nitrogen and oxygen atoms in total. The molecule has 0 saturated carbocycles. The Morgan fingerprint density at radius 2 is 2.00 bits per heavy atom. The van der Waals surface area contributed by atoms with Gasteiger partial charge in [0.2, 0.25) is 0 Å². The highest BCUT2D eigenvalue weighted by atomic mass is 35.5. The van der Waals surface area contributed by atoms with E-state index in [-0.39, 0.29) is 0 Å². The van der Waals surface area contributed by atoms with Crippen molar-refractivity contribution in [3.05, 3.63) is 70.3 Å². The molecule has 1 N–H and O–H groups in total. The molecule has 0 radical (unpaired) electrons. The van der Waals surface area contributed by atoms with E-state index in [1.165, 1.54) is 6.21 Å². The zero-order chi connectivity index (χ0) is 18.5. The van der Waals surface area contributed by atoms with E-state index in [4.69, 9.17) is 27.9 Å². The maximum atomic E-state index is 12.1. The zero-order valence-electron chi connectivity index (χ0n) is 13.8. The van der Waals surface area contributed by atoms with Crippen LogP contribution < -0.4 is 10.2 Å². The first-order chi connectivity index (χ1) is 12.5. The maximum absolute atomic E-state index is 12.1. The number of hydrogen-bond acceptors (Lipinski definition) is 4. The number of hydrogen-bond donors (Lipinski definition) is 1. The highest BCUT2D eigenvalue weighted by Crippen LogP contribution is 2.19. The summed E-state index contributed by atoms with van der Waals surface area (Å²) >= 11 is 12.0. The van der Waals surface area contributed by atoms with Crippen molar-refractivity contribution in [1.82, 2.24) is 10.4 Å². The monoisotopic (exact) mass is 387 g/mol. The van der Waals surface area contributed by atoms with E-state index in [0.29, 0.717) is 21.5 Å². The quantitative estimate of drug-likeness (QED) is 0.399. The molecule has 26 heavy (non-hydrogen) atoms. The van der Waals surface area contributed by atoms with Gasteiger partial charge >= 0.3 is 0 Å². The van der Waals surface area contributed by atoms with Crippen molar-refractivity contribution in [2.45, 2.75) is 13.0 Å². The highest BCUT2D eigenvalue weighted by Gasteiger charge is 2.14. The van der Waals surface area contributed by atoms with Gasteiger partial charge in [0, 0.05) is 16.0 Å². The standard InChI is InChI=1S/C19H15Cl2N3O2/c1-12(26-16-7-4-6-15(20)10-16)19(25)24-22-11-14-9-13-5-2-3-8-17(13)23-18(14)21/h2-12H,1H3,(H,24,25)/b22-11+. The topological polar surface area (TPSA) is 63.6 Å². The van der Waals surface area contributed by atoms with Crippen molar-refractivity contribution in [3.8, 4) is 5.75 Å². The first-order valence-corrected chi connectivity index (χ1v) is 8.59. The van der Waals surface area contributed by atoms with Crippen molar-refractivity contribution < 1.29 is 9.53 Å². The van der Waals surface area contributed by atoms with Crippen LogP contribution >= 0.6 is 23.2 Å². The molecule has 0 spiro atoms. The summed E-state index contributed by atoms with van der Waals surface area (Å²) in [6.45, 7) is 1.62. The lowest BCUT2D eigenvalue weighted by atomic mass is 10.2. The van der Waals surface area contributed by atoms with Gasteiger partial charge in [-0.2, -0.15) is 5.10 Å². The Hall–Kier alpha value is -2.63. The van der Waals surface area contributed by atoms with Gasteiger partial charge in [-0.05, 0) is 37.3 Å². The first kappa shape index (κ1) is 18.2. The van der Waals surface area contributed by atoms with Crippen LogP contribution in [0.5, 0.6) is 5.75 Å². The summed E-state index contributed by atoms with van der Waals surface area (Å²) in [5, 5.41) is 5.71. The Bertz CT molecular complexity index is 976. The highest BCUT2D eigenvalue weighted by molar-refractivity contribution is 6.32. The minimum atomic E-state index is -0.740. The lowest BCUT2D eigenvalue weighted by Gasteiger charge is -2.12. The minimum absolute atomic E-state index is 0.310. The van der Waals surface area contributed by atoms with Crippen molar-refractivity contribution in [1.29, 1.82) is 0 Å². The normalized spacial score (nSPS) is 12.3. The van der Waals surface area contributed by atoms with Gasteiger partial charge in [0.15, 0.2) is 6.10 Å². The summed E-state index contributed by atoms with van der Waals surface area (Å²) in [4.78, 5) is 16.4. The molecule has 1 heterocycles. The van der Waals surface area contributed by atoms with E-state index in [0.717, 1.165) is 10.9 Å². The van der Waals surface area contributed by atoms with Crippen molar-refractivity contribution in [2.75, 3.05) is 0 Å². The van der Waals surface area contributed by atoms with Gasteiger partial charge in [0.1, 0.15) is 10.9 Å². The fourth-order valence-corrected chi connectivity index (χ4v) is 2.63. The van der Waals surface area contributed by atoms with Gasteiger partial charge in [0.05, 0.1) is 11.7 Å². The number of benzene rings is 2. The number of amides is 1. The molecule has 0 saturated heterocycles. The van der Waals surface area contributed by atoms with E-state index in [9.17, 15) is 4.79 Å². The maximum Gasteiger partial charge on any atom is 0.280 e. The lowest BCUT2D eigenvalue weighted by Crippen LogP contribution is -2.33. The van der Waals surface area contributed by atoms with Crippen LogP contribution in [0.15, 0.2) is 59.7 Å². The lowest BCUT2D eigenvalue weighted by molar-refractivity contribution is -0.127. The average Bonchev–Trinajstić information content (AvgIpc) is 2.62. The van der Waals surface area contributed by atoms with Gasteiger partial charge in [-0.3, -0.25) is 4.79 Å². The molecule has 3 rings (SSSR count). The summed E-state index contributed by atoms with van der Waals surface area (Å²) in [7, 11) is 0. The molecule has 2 aromatic carbocycles. The number of para-hydroxylation sites is 1. The average molecular weight is 388 g/mol. The molecular formula is C19H15Cl2N3O2. The van der Waals surface area contributed by atoms with Gasteiger partial charge in [-0.25, -0.2) is 10.4 Å². The van der Waals surface area contributed by atoms with Crippen molar-refractivity contribution in [2.24, 2.45) is 5.10 Å². The summed E-state index contributed by atoms with van der Waals surface area (Å²) in [6.07, 6.45) is 0.710. The van der Waals surface area contributed by atoms with Crippen LogP contribution in [0.2, 0.25) is 10.2 Å². The molecule has 1 amide bonds. The zero-order valence-corrected chi connectivity index (χ0v) is 15.3. The Morgan fingerprint density at radius 1 is 1.19 bits per heavy atom. The molecular weight excluding hydrogens is 373 g/mol. The number of halogens is 2. The van der Waals surface area contributed by atoms with Crippen molar-refractivity contribution in [3.63, 3.8) is 0 Å². The molecule has 0 bridgehead atoms. The van der Waals surface area contributed by atoms with Gasteiger partial charge < -0.3 is 4.74 Å². The van der Waals surface area contributed by atoms with E-state index in [1.54, 1.807) is 31.2 Å². The fraction of sp³-hybridized carbons (Fsp3) is 0.105. The third-order valence-corrected chi connectivity index (χ3v) is 4.10. The summed E-state index contributed by atoms with van der Waals surface area (Å²) in [5.41, 5.74) is 3.83. The van der Waals surface area contributed by atoms with Gasteiger partial charge in [0.25, 0.3) is 5.91 Å². The first-order valence-electron chi connectivity index (χ1n) is 7.83. The number of ether oxygens (including phenoxy) is 1. The second kappa shape index (κ2) is 8.17. The number of carbonyl (C=O) groups excluding carboxylic acids is 1. The Morgan fingerprint density at radius 3 is 2.81 bits per heavy atom. The van der Waals surface area contributed by atoms with Crippen LogP contribution in [0.25, 0.3) is 10.9 Å². The summed E-state index contributed by atoms with van der Waals surface area (Å²) in [6, 6.07) is 16.3. The largest absolute Gasteiger partial charge is 0.481 e. The predicted octanol–water partition coefficient (Wildman–Crippen LogP) is 4.46. The molecule has 1 unspecified atom stereocenters. The van der Waals surface area contributed by atoms with Crippen LogP contribution in [-0.4, -0.2) is 23.2 Å². The van der Waals surface area contributed by atoms with Crippen LogP contribution in [0, 0.1) is 0 Å². The molecule has 0 fully saturated rings. The van der Waals surface area contributed by atoms with E-state index in [1.807, 2.05) is 30.3 Å². The van der Waals surface area contributed by atoms with Crippen LogP contribution in [0.1, 0.15) is 12.5 Å². The third-order valence-electron chi connectivity index (χ3n) is 3.56. The SMILES string of the molecule is CC(Oc1cccc(Cl)c1)C(=O)N/N=C/c1cc2ccccc2nc1Cl. The number of nitrogens with zero attached hydrogens (tertiary/aromatic N) is 2. The summed E-state index contributed by atoms with van der Waals surface area (Å²) in [5.74, 6) is 0.108. The predicted molar refractivity (Wildman–Crippen MR) is 104 cm³/mol. The van der Waals surface area contributed by atoms with Crippen LogP contribution in [-0.2, 0) is 4.79 Å². The number of hydrazone groups is 1. The molecule has 0 aliphatic heterocycles. The smallest absolute Gasteiger partial charge is 0.280 e. The molecule has 1 atom stereocenters. The van der Waals surface area contributed by atoms with Gasteiger partial charge in [-0.1, -0.05) is 47.5 Å². The third kappa shape index (κ3) is 4.50. The number of nitrogens with one attached hydrogen (secondary N) is 1. The molecule has 7 heteroatoms. The number of pyridine rings is 1. The summed E-state index contributed by atoms with van der Waals surface area (Å²) < 4.78 is 5.53. The molecule has 0 aliphatic carbocycles. The second-order valence-corrected chi connectivity index (χ2v) is 6.31. The molecule has 3 aromatic rings. The second-order valence-electron chi connectivity index (χ2n) is 5.51. The van der Waals surface area contributed by atoms with E-state index in [2.05, 4.69) is 15.5 Å². The fourth-order valence-electron chi connectivity index (χ4n) is 2.25. The van der Waals surface area contributed by atoms with E-state index >= 15 is 0 Å². The van der Waals surface area contributed by atoms with Crippen LogP contribution in [0.3, 0.4) is 0 Å². The Kier molecular flexibility index (Phi) is 5.71. The molecule has 1 aromatic heterocycles. The molecule has 0 aliphatic rings.